The van der Waals surface area contributed by atoms with Gasteiger partial charge in [0.1, 0.15) is 17.3 Å². The summed E-state index contributed by atoms with van der Waals surface area (Å²) in [5.41, 5.74) is 3.30. The first-order valence-electron chi connectivity index (χ1n) is 14.9. The van der Waals surface area contributed by atoms with Crippen molar-refractivity contribution >= 4 is 0 Å². The molecule has 0 fully saturated rings. The van der Waals surface area contributed by atoms with Crippen molar-refractivity contribution < 1.29 is 13.9 Å². The highest BCUT2D eigenvalue weighted by Gasteiger charge is 2.09. The number of benzene rings is 3. The molecule has 0 saturated carbocycles. The molecule has 0 unspecified atom stereocenters. The maximum Gasteiger partial charge on any atom is 0.131 e. The molecule has 0 N–H and O–H groups in total. The van der Waals surface area contributed by atoms with E-state index in [-0.39, 0.29) is 11.9 Å². The summed E-state index contributed by atoms with van der Waals surface area (Å²) in [7, 11) is 0. The molecule has 0 saturated heterocycles. The van der Waals surface area contributed by atoms with Gasteiger partial charge in [-0.15, -0.1) is 0 Å². The third-order valence-corrected chi connectivity index (χ3v) is 7.14. The second kappa shape index (κ2) is 16.9. The van der Waals surface area contributed by atoms with Crippen molar-refractivity contribution in [2.75, 3.05) is 6.61 Å². The van der Waals surface area contributed by atoms with E-state index in [0.29, 0.717) is 5.56 Å². The van der Waals surface area contributed by atoms with Crippen LogP contribution in [-0.4, -0.2) is 12.7 Å². The van der Waals surface area contributed by atoms with Crippen LogP contribution in [0.3, 0.4) is 0 Å². The van der Waals surface area contributed by atoms with E-state index in [1.165, 1.54) is 64.2 Å². The summed E-state index contributed by atoms with van der Waals surface area (Å²) >= 11 is 0. The van der Waals surface area contributed by atoms with Gasteiger partial charge in [0.2, 0.25) is 0 Å². The topological polar surface area (TPSA) is 18.5 Å². The summed E-state index contributed by atoms with van der Waals surface area (Å²) < 4.78 is 27.0. The zero-order chi connectivity index (χ0) is 27.0. The molecule has 3 aromatic carbocycles. The molecule has 0 bridgehead atoms. The lowest BCUT2D eigenvalue weighted by Gasteiger charge is -2.15. The fourth-order valence-corrected chi connectivity index (χ4v) is 4.78. The minimum absolute atomic E-state index is 0.185. The normalized spacial score (nSPS) is 11.9. The molecule has 3 heteroatoms. The smallest absolute Gasteiger partial charge is 0.131 e. The van der Waals surface area contributed by atoms with Crippen molar-refractivity contribution in [1.29, 1.82) is 0 Å². The lowest BCUT2D eigenvalue weighted by atomic mass is 9.99. The van der Waals surface area contributed by atoms with E-state index < -0.39 is 0 Å². The maximum atomic E-state index is 15.1. The monoisotopic (exact) mass is 518 g/mol. The quantitative estimate of drug-likeness (QED) is 0.156. The van der Waals surface area contributed by atoms with Gasteiger partial charge in [-0.05, 0) is 73.2 Å². The van der Waals surface area contributed by atoms with E-state index in [4.69, 9.17) is 9.47 Å². The van der Waals surface area contributed by atoms with E-state index in [9.17, 15) is 0 Å². The van der Waals surface area contributed by atoms with Gasteiger partial charge < -0.3 is 9.47 Å². The molecule has 0 radical (unpaired) electrons. The Balaban J connectivity index is 1.47. The third kappa shape index (κ3) is 10.2. The van der Waals surface area contributed by atoms with Crippen LogP contribution in [0.5, 0.6) is 11.5 Å². The van der Waals surface area contributed by atoms with Crippen molar-refractivity contribution in [2.45, 2.75) is 104 Å². The van der Waals surface area contributed by atoms with Crippen LogP contribution in [0.2, 0.25) is 0 Å². The summed E-state index contributed by atoms with van der Waals surface area (Å²) in [5.74, 6) is 1.48. The van der Waals surface area contributed by atoms with Crippen LogP contribution in [0, 0.1) is 5.82 Å². The van der Waals surface area contributed by atoms with Crippen LogP contribution >= 0.6 is 0 Å². The van der Waals surface area contributed by atoms with Gasteiger partial charge in [-0.2, -0.15) is 0 Å². The molecule has 1 atom stereocenters. The highest BCUT2D eigenvalue weighted by Crippen LogP contribution is 2.30. The number of halogens is 1. The predicted molar refractivity (Wildman–Crippen MR) is 160 cm³/mol. The number of hydrogen-bond donors (Lipinski definition) is 0. The van der Waals surface area contributed by atoms with Crippen LogP contribution in [0.4, 0.5) is 4.39 Å². The summed E-state index contributed by atoms with van der Waals surface area (Å²) in [6, 6.07) is 21.2. The Bertz CT molecular complexity index is 1040. The van der Waals surface area contributed by atoms with Crippen LogP contribution in [0.1, 0.15) is 97.8 Å². The highest BCUT2D eigenvalue weighted by molar-refractivity contribution is 5.71. The zero-order valence-corrected chi connectivity index (χ0v) is 23.8. The summed E-state index contributed by atoms with van der Waals surface area (Å²) in [6.07, 6.45) is 15.2. The van der Waals surface area contributed by atoms with Gasteiger partial charge in [-0.1, -0.05) is 108 Å². The number of rotatable bonds is 18. The minimum atomic E-state index is -0.223. The zero-order valence-electron chi connectivity index (χ0n) is 23.8. The van der Waals surface area contributed by atoms with Crippen LogP contribution in [0.15, 0.2) is 66.7 Å². The molecular weight excluding hydrogens is 471 g/mol. The van der Waals surface area contributed by atoms with E-state index in [2.05, 4.69) is 20.8 Å². The molecule has 0 aliphatic heterocycles. The van der Waals surface area contributed by atoms with Crippen molar-refractivity contribution in [2.24, 2.45) is 0 Å². The van der Waals surface area contributed by atoms with Crippen LogP contribution in [-0.2, 0) is 0 Å². The molecule has 3 rings (SSSR count). The fraction of sp³-hybridized carbons (Fsp3) is 0.486. The van der Waals surface area contributed by atoms with Crippen molar-refractivity contribution in [1.82, 2.24) is 0 Å². The predicted octanol–water partition coefficient (Wildman–Crippen LogP) is 11.0. The molecule has 2 nitrogen and oxygen atoms in total. The molecule has 38 heavy (non-hydrogen) atoms. The number of hydrogen-bond acceptors (Lipinski definition) is 2. The molecular formula is C35H47FO2. The maximum absolute atomic E-state index is 15.1. The summed E-state index contributed by atoms with van der Waals surface area (Å²) in [4.78, 5) is 0. The molecule has 0 spiro atoms. The van der Waals surface area contributed by atoms with Gasteiger partial charge in [-0.3, -0.25) is 0 Å². The van der Waals surface area contributed by atoms with E-state index in [0.717, 1.165) is 47.6 Å². The summed E-state index contributed by atoms with van der Waals surface area (Å²) in [5, 5.41) is 0. The molecule has 0 aliphatic rings. The first-order chi connectivity index (χ1) is 18.6. The van der Waals surface area contributed by atoms with Crippen molar-refractivity contribution in [3.63, 3.8) is 0 Å². The largest absolute Gasteiger partial charge is 0.494 e. The Kier molecular flexibility index (Phi) is 13.2. The first-order valence-corrected chi connectivity index (χ1v) is 14.9. The fourth-order valence-electron chi connectivity index (χ4n) is 4.78. The lowest BCUT2D eigenvalue weighted by Crippen LogP contribution is -2.11. The van der Waals surface area contributed by atoms with Gasteiger partial charge in [0.15, 0.2) is 0 Å². The van der Waals surface area contributed by atoms with Gasteiger partial charge in [-0.25, -0.2) is 4.39 Å². The SMILES string of the molecule is CCCCCCCCCCOc1ccc(-c2ccc(-c3ccc(O[C@@H](C)CCCCC)cc3)c(F)c2)cc1. The first kappa shape index (κ1) is 29.7. The average molecular weight is 519 g/mol. The van der Waals surface area contributed by atoms with Gasteiger partial charge >= 0.3 is 0 Å². The molecule has 3 aromatic rings. The van der Waals surface area contributed by atoms with Gasteiger partial charge in [0.05, 0.1) is 12.7 Å². The Hall–Kier alpha value is -2.81. The van der Waals surface area contributed by atoms with Gasteiger partial charge in [0.25, 0.3) is 0 Å². The Morgan fingerprint density at radius 2 is 1.16 bits per heavy atom. The van der Waals surface area contributed by atoms with E-state index >= 15 is 4.39 Å². The molecule has 0 aromatic heterocycles. The standard InChI is InChI=1S/C35H47FO2/c1-4-6-8-9-10-11-12-14-26-37-32-21-16-29(17-22-32)31-20-25-34(35(36)27-31)30-18-23-33(24-19-30)38-28(3)15-13-7-5-2/h16-25,27-28H,4-15,26H2,1-3H3/t28-/m0/s1. The van der Waals surface area contributed by atoms with Crippen LogP contribution < -0.4 is 9.47 Å². The lowest BCUT2D eigenvalue weighted by molar-refractivity contribution is 0.206. The molecule has 0 heterocycles. The Morgan fingerprint density at radius 3 is 1.82 bits per heavy atom. The average Bonchev–Trinajstić information content (AvgIpc) is 2.93. The Labute approximate surface area is 230 Å². The van der Waals surface area contributed by atoms with Crippen LogP contribution in [0.25, 0.3) is 22.3 Å². The second-order valence-electron chi connectivity index (χ2n) is 10.5. The second-order valence-corrected chi connectivity index (χ2v) is 10.5. The highest BCUT2D eigenvalue weighted by atomic mass is 19.1. The number of unbranched alkanes of at least 4 members (excludes halogenated alkanes) is 9. The molecule has 206 valence electrons. The van der Waals surface area contributed by atoms with Gasteiger partial charge in [0, 0.05) is 5.56 Å². The third-order valence-electron chi connectivity index (χ3n) is 7.14. The molecule has 0 aliphatic carbocycles. The van der Waals surface area contributed by atoms with E-state index in [1.807, 2.05) is 60.7 Å². The Morgan fingerprint density at radius 1 is 0.605 bits per heavy atom. The van der Waals surface area contributed by atoms with E-state index in [1.54, 1.807) is 6.07 Å². The van der Waals surface area contributed by atoms with Crippen molar-refractivity contribution in [3.8, 4) is 33.8 Å². The summed E-state index contributed by atoms with van der Waals surface area (Å²) in [6.45, 7) is 7.32. The van der Waals surface area contributed by atoms with Crippen molar-refractivity contribution in [3.05, 3.63) is 72.5 Å². The number of ether oxygens (including phenoxy) is 2. The molecule has 0 amide bonds. The minimum Gasteiger partial charge on any atom is -0.494 e.